The molecule has 17 heavy (non-hydrogen) atoms. The van der Waals surface area contributed by atoms with E-state index in [1.807, 2.05) is 18.2 Å². The Labute approximate surface area is 104 Å². The molecular formula is C12H10ClN3O. The summed E-state index contributed by atoms with van der Waals surface area (Å²) in [5.74, 6) is 0. The van der Waals surface area contributed by atoms with E-state index < -0.39 is 6.03 Å². The van der Waals surface area contributed by atoms with Gasteiger partial charge in [-0.2, -0.15) is 0 Å². The molecule has 2 aromatic rings. The van der Waals surface area contributed by atoms with Gasteiger partial charge in [-0.15, -0.1) is 0 Å². The SMILES string of the molecule is O=C(Nc1ccncc1)N(Cl)c1ccccc1. The lowest BCUT2D eigenvalue weighted by Gasteiger charge is -2.14. The molecular weight excluding hydrogens is 238 g/mol. The van der Waals surface area contributed by atoms with Crippen molar-refractivity contribution in [1.29, 1.82) is 0 Å². The molecule has 0 spiro atoms. The molecule has 0 unspecified atom stereocenters. The minimum Gasteiger partial charge on any atom is -0.306 e. The molecule has 1 aromatic carbocycles. The lowest BCUT2D eigenvalue weighted by molar-refractivity contribution is 0.260. The van der Waals surface area contributed by atoms with Gasteiger partial charge in [-0.05, 0) is 24.3 Å². The number of benzene rings is 1. The highest BCUT2D eigenvalue weighted by Gasteiger charge is 2.12. The van der Waals surface area contributed by atoms with Crippen molar-refractivity contribution < 1.29 is 4.79 Å². The Bertz CT molecular complexity index is 490. The summed E-state index contributed by atoms with van der Waals surface area (Å²) in [6, 6.07) is 11.9. The average molecular weight is 248 g/mol. The molecule has 0 radical (unpaired) electrons. The molecule has 0 aliphatic heterocycles. The van der Waals surface area contributed by atoms with Gasteiger partial charge in [0.15, 0.2) is 0 Å². The molecule has 2 rings (SSSR count). The second kappa shape index (κ2) is 5.32. The van der Waals surface area contributed by atoms with Crippen molar-refractivity contribution in [2.75, 3.05) is 9.74 Å². The minimum absolute atomic E-state index is 0.413. The summed E-state index contributed by atoms with van der Waals surface area (Å²) in [7, 11) is 0. The monoisotopic (exact) mass is 247 g/mol. The summed E-state index contributed by atoms with van der Waals surface area (Å²) in [5, 5.41) is 2.66. The van der Waals surface area contributed by atoms with E-state index in [1.165, 1.54) is 0 Å². The molecule has 5 heteroatoms. The molecule has 0 atom stereocenters. The van der Waals surface area contributed by atoms with Gasteiger partial charge in [-0.1, -0.05) is 18.2 Å². The molecule has 1 N–H and O–H groups in total. The first-order chi connectivity index (χ1) is 8.27. The number of nitrogens with zero attached hydrogens (tertiary/aromatic N) is 2. The van der Waals surface area contributed by atoms with Crippen LogP contribution in [-0.4, -0.2) is 11.0 Å². The van der Waals surface area contributed by atoms with Crippen molar-refractivity contribution in [2.45, 2.75) is 0 Å². The van der Waals surface area contributed by atoms with E-state index in [1.54, 1.807) is 36.7 Å². The van der Waals surface area contributed by atoms with Crippen molar-refractivity contribution in [3.05, 3.63) is 54.9 Å². The zero-order valence-electron chi connectivity index (χ0n) is 8.88. The molecule has 1 aromatic heterocycles. The van der Waals surface area contributed by atoms with Crippen molar-refractivity contribution in [3.63, 3.8) is 0 Å². The van der Waals surface area contributed by atoms with Crippen LogP contribution in [0.4, 0.5) is 16.2 Å². The van der Waals surface area contributed by atoms with Gasteiger partial charge in [0, 0.05) is 29.9 Å². The van der Waals surface area contributed by atoms with Crippen LogP contribution < -0.4 is 9.74 Å². The van der Waals surface area contributed by atoms with E-state index in [0.29, 0.717) is 11.4 Å². The Morgan fingerprint density at radius 3 is 2.41 bits per heavy atom. The van der Waals surface area contributed by atoms with Gasteiger partial charge in [0.05, 0.1) is 5.69 Å². The predicted molar refractivity (Wildman–Crippen MR) is 68.0 cm³/mol. The van der Waals surface area contributed by atoms with Crippen LogP contribution in [0.25, 0.3) is 0 Å². The fourth-order valence-electron chi connectivity index (χ4n) is 1.28. The van der Waals surface area contributed by atoms with Crippen LogP contribution in [0.3, 0.4) is 0 Å². The highest BCUT2D eigenvalue weighted by Crippen LogP contribution is 2.17. The maximum atomic E-state index is 11.8. The van der Waals surface area contributed by atoms with Crippen molar-refractivity contribution in [2.24, 2.45) is 0 Å². The van der Waals surface area contributed by atoms with E-state index in [9.17, 15) is 4.79 Å². The molecule has 0 aliphatic carbocycles. The Morgan fingerprint density at radius 1 is 1.12 bits per heavy atom. The molecule has 2 amide bonds. The molecule has 86 valence electrons. The number of amides is 2. The van der Waals surface area contributed by atoms with Gasteiger partial charge in [-0.3, -0.25) is 4.98 Å². The van der Waals surface area contributed by atoms with E-state index >= 15 is 0 Å². The van der Waals surface area contributed by atoms with E-state index in [2.05, 4.69) is 10.3 Å². The molecule has 1 heterocycles. The smallest absolute Gasteiger partial charge is 0.306 e. The number of hydrogen-bond donors (Lipinski definition) is 1. The number of rotatable bonds is 2. The number of carbonyl (C=O) groups is 1. The number of hydrogen-bond acceptors (Lipinski definition) is 2. The van der Waals surface area contributed by atoms with Crippen LogP contribution in [0.2, 0.25) is 0 Å². The number of nitrogens with one attached hydrogen (secondary N) is 1. The third-order valence-corrected chi connectivity index (χ3v) is 2.44. The highest BCUT2D eigenvalue weighted by atomic mass is 35.5. The first-order valence-electron chi connectivity index (χ1n) is 4.99. The van der Waals surface area contributed by atoms with Gasteiger partial charge < -0.3 is 5.32 Å². The summed E-state index contributed by atoms with van der Waals surface area (Å²) >= 11 is 5.91. The fraction of sp³-hybridized carbons (Fsp3) is 0. The number of aromatic nitrogens is 1. The largest absolute Gasteiger partial charge is 0.341 e. The van der Waals surface area contributed by atoms with Crippen molar-refractivity contribution in [3.8, 4) is 0 Å². The van der Waals surface area contributed by atoms with Crippen molar-refractivity contribution >= 4 is 29.2 Å². The topological polar surface area (TPSA) is 45.2 Å². The van der Waals surface area contributed by atoms with Crippen molar-refractivity contribution in [1.82, 2.24) is 4.98 Å². The highest BCUT2D eigenvalue weighted by molar-refractivity contribution is 6.38. The van der Waals surface area contributed by atoms with E-state index in [0.717, 1.165) is 4.42 Å². The average Bonchev–Trinajstić information content (AvgIpc) is 2.40. The molecule has 4 nitrogen and oxygen atoms in total. The summed E-state index contributed by atoms with van der Waals surface area (Å²) in [5.41, 5.74) is 1.26. The number of pyridine rings is 1. The van der Waals surface area contributed by atoms with Gasteiger partial charge in [-0.25, -0.2) is 9.21 Å². The van der Waals surface area contributed by atoms with Crippen LogP contribution in [0, 0.1) is 0 Å². The summed E-state index contributed by atoms with van der Waals surface area (Å²) in [6.45, 7) is 0. The van der Waals surface area contributed by atoms with Crippen LogP contribution in [0.15, 0.2) is 54.9 Å². The maximum Gasteiger partial charge on any atom is 0.341 e. The Balaban J connectivity index is 2.06. The first-order valence-corrected chi connectivity index (χ1v) is 5.33. The number of para-hydroxylation sites is 1. The van der Waals surface area contributed by atoms with Gasteiger partial charge in [0.2, 0.25) is 0 Å². The molecule has 0 saturated carbocycles. The van der Waals surface area contributed by atoms with Crippen LogP contribution in [0.1, 0.15) is 0 Å². The van der Waals surface area contributed by atoms with E-state index in [-0.39, 0.29) is 0 Å². The standard InChI is InChI=1S/C12H10ClN3O/c13-16(11-4-2-1-3-5-11)12(17)15-10-6-8-14-9-7-10/h1-9H,(H,14,15,17). The number of carbonyl (C=O) groups excluding carboxylic acids is 1. The Hall–Kier alpha value is -2.07. The Kier molecular flexibility index (Phi) is 3.57. The maximum absolute atomic E-state index is 11.8. The molecule has 0 saturated heterocycles. The predicted octanol–water partition coefficient (Wildman–Crippen LogP) is 3.27. The summed E-state index contributed by atoms with van der Waals surface area (Å²) in [4.78, 5) is 15.6. The third kappa shape index (κ3) is 2.95. The second-order valence-electron chi connectivity index (χ2n) is 3.28. The molecule has 0 fully saturated rings. The lowest BCUT2D eigenvalue weighted by atomic mass is 10.3. The Morgan fingerprint density at radius 2 is 1.76 bits per heavy atom. The summed E-state index contributed by atoms with van der Waals surface area (Å²) in [6.07, 6.45) is 3.19. The quantitative estimate of drug-likeness (QED) is 0.828. The lowest BCUT2D eigenvalue weighted by Crippen LogP contribution is -2.26. The van der Waals surface area contributed by atoms with Crippen LogP contribution in [0.5, 0.6) is 0 Å². The van der Waals surface area contributed by atoms with Gasteiger partial charge in [0.1, 0.15) is 0 Å². The normalized spacial score (nSPS) is 9.71. The molecule has 0 bridgehead atoms. The van der Waals surface area contributed by atoms with Gasteiger partial charge in [0.25, 0.3) is 0 Å². The minimum atomic E-state index is -0.413. The second-order valence-corrected chi connectivity index (χ2v) is 3.62. The van der Waals surface area contributed by atoms with E-state index in [4.69, 9.17) is 11.8 Å². The zero-order chi connectivity index (χ0) is 12.1. The zero-order valence-corrected chi connectivity index (χ0v) is 9.63. The van der Waals surface area contributed by atoms with Crippen LogP contribution in [-0.2, 0) is 0 Å². The number of anilines is 2. The molecule has 0 aliphatic rings. The third-order valence-electron chi connectivity index (χ3n) is 2.09. The first kappa shape index (κ1) is 11.4. The number of urea groups is 1. The fourth-order valence-corrected chi connectivity index (χ4v) is 1.44. The van der Waals surface area contributed by atoms with Crippen LogP contribution >= 0.6 is 11.8 Å². The summed E-state index contributed by atoms with van der Waals surface area (Å²) < 4.78 is 1.03. The van der Waals surface area contributed by atoms with Gasteiger partial charge >= 0.3 is 6.03 Å². The number of halogens is 1.